The van der Waals surface area contributed by atoms with Crippen LogP contribution in [0.15, 0.2) is 30.3 Å². The number of ether oxygens (including phenoxy) is 2. The number of hydrogen-bond acceptors (Lipinski definition) is 5. The zero-order chi connectivity index (χ0) is 30.9. The third-order valence-corrected chi connectivity index (χ3v) is 7.75. The summed E-state index contributed by atoms with van der Waals surface area (Å²) in [6, 6.07) is 8.48. The van der Waals surface area contributed by atoms with Crippen LogP contribution in [0.25, 0.3) is 11.1 Å². The molecule has 2 heterocycles. The predicted molar refractivity (Wildman–Crippen MR) is 160 cm³/mol. The third kappa shape index (κ3) is 6.44. The molecule has 2 aliphatic heterocycles. The molecule has 3 aromatic rings. The van der Waals surface area contributed by atoms with E-state index in [9.17, 15) is 14.7 Å². The number of halogens is 1. The van der Waals surface area contributed by atoms with E-state index in [4.69, 9.17) is 14.6 Å². The van der Waals surface area contributed by atoms with Gasteiger partial charge in [-0.1, -0.05) is 0 Å². The molecule has 0 saturated carbocycles. The normalized spacial score (nSPS) is 13.9. The number of hydrogen-bond donors (Lipinski definition) is 2. The lowest BCUT2D eigenvalue weighted by Gasteiger charge is -2.25. The molecule has 0 aliphatic carbocycles. The molecule has 0 fully saturated rings. The topological polar surface area (TPSA) is 96.3 Å². The van der Waals surface area contributed by atoms with Crippen molar-refractivity contribution in [1.29, 1.82) is 0 Å². The van der Waals surface area contributed by atoms with Gasteiger partial charge in [0.2, 0.25) is 0 Å². The van der Waals surface area contributed by atoms with Crippen molar-refractivity contribution in [3.63, 3.8) is 0 Å². The van der Waals surface area contributed by atoms with Gasteiger partial charge in [0.1, 0.15) is 5.75 Å². The van der Waals surface area contributed by atoms with E-state index < -0.39 is 17.4 Å². The lowest BCUT2D eigenvalue weighted by Crippen LogP contribution is -2.25. The van der Waals surface area contributed by atoms with E-state index in [0.29, 0.717) is 54.3 Å². The van der Waals surface area contributed by atoms with Gasteiger partial charge >= 0.3 is 5.97 Å². The first-order valence-corrected chi connectivity index (χ1v) is 14.2. The highest BCUT2D eigenvalue weighted by molar-refractivity contribution is 5.95. The fourth-order valence-corrected chi connectivity index (χ4v) is 5.78. The second-order valence-electron chi connectivity index (χ2n) is 12.0. The average Bonchev–Trinajstić information content (AvgIpc) is 3.39. The van der Waals surface area contributed by atoms with Crippen LogP contribution in [-0.4, -0.2) is 46.3 Å². The van der Waals surface area contributed by atoms with Crippen molar-refractivity contribution >= 4 is 11.9 Å². The van der Waals surface area contributed by atoms with Gasteiger partial charge in [0, 0.05) is 24.2 Å². The van der Waals surface area contributed by atoms with Crippen LogP contribution in [0.5, 0.6) is 11.5 Å². The van der Waals surface area contributed by atoms with Gasteiger partial charge in [0.15, 0.2) is 11.6 Å². The first-order chi connectivity index (χ1) is 19.7. The summed E-state index contributed by atoms with van der Waals surface area (Å²) in [7, 11) is 1.58. The number of fused-ring (bicyclic) bond motifs is 2. The third-order valence-electron chi connectivity index (χ3n) is 7.75. The molecule has 0 spiro atoms. The molecule has 0 radical (unpaired) electrons. The van der Waals surface area contributed by atoms with Crippen molar-refractivity contribution in [2.75, 3.05) is 13.7 Å². The molecule has 1 amide bonds. The molecule has 8 heteroatoms. The number of carbonyl (C=O) groups excluding carboxylic acids is 1. The standard InChI is InChI=1S/C30H30FNO5.C4H10O/c1-16-21-6-5-11-37-29(21)26(31)12-22(16)28-18(3)25-15-32(14-24(25)17(2)23(28)13-27(33)34)30(35)19-7-9-20(36-4)10-8-19;1-4(2,3)5/h7-10,12H,5-6,11,13-15H2,1-4H3,(H,33,34);5H,1-3H3. The maximum Gasteiger partial charge on any atom is 0.307 e. The van der Waals surface area contributed by atoms with Crippen LogP contribution >= 0.6 is 0 Å². The Hall–Kier alpha value is -3.91. The molecule has 2 N–H and O–H groups in total. The van der Waals surface area contributed by atoms with Gasteiger partial charge in [0.25, 0.3) is 5.91 Å². The number of aliphatic hydroxyl groups is 1. The minimum absolute atomic E-state index is 0.104. The minimum Gasteiger partial charge on any atom is -0.497 e. The van der Waals surface area contributed by atoms with E-state index in [1.165, 1.54) is 6.07 Å². The van der Waals surface area contributed by atoms with Crippen molar-refractivity contribution in [3.8, 4) is 22.6 Å². The number of aliphatic carboxylic acids is 1. The largest absolute Gasteiger partial charge is 0.497 e. The molecular formula is C34H40FNO6. The maximum absolute atomic E-state index is 15.2. The Morgan fingerprint density at radius 3 is 2.17 bits per heavy atom. The van der Waals surface area contributed by atoms with Crippen LogP contribution in [0.3, 0.4) is 0 Å². The monoisotopic (exact) mass is 577 g/mol. The van der Waals surface area contributed by atoms with E-state index in [-0.39, 0.29) is 12.3 Å². The van der Waals surface area contributed by atoms with Crippen LogP contribution in [0, 0.1) is 26.6 Å². The Bertz CT molecular complexity index is 1520. The molecule has 0 aromatic heterocycles. The summed E-state index contributed by atoms with van der Waals surface area (Å²) in [5.74, 6) is -0.502. The Kier molecular flexibility index (Phi) is 8.97. The molecule has 3 aromatic carbocycles. The van der Waals surface area contributed by atoms with E-state index >= 15 is 4.39 Å². The fraction of sp³-hybridized carbons (Fsp3) is 0.412. The van der Waals surface area contributed by atoms with Crippen molar-refractivity contribution in [2.45, 2.75) is 79.5 Å². The van der Waals surface area contributed by atoms with Crippen molar-refractivity contribution in [1.82, 2.24) is 4.90 Å². The lowest BCUT2D eigenvalue weighted by atomic mass is 9.81. The number of amides is 1. The summed E-state index contributed by atoms with van der Waals surface area (Å²) < 4.78 is 26.0. The summed E-state index contributed by atoms with van der Waals surface area (Å²) >= 11 is 0. The molecule has 0 atom stereocenters. The van der Waals surface area contributed by atoms with Crippen molar-refractivity contribution in [2.24, 2.45) is 0 Å². The number of carbonyl (C=O) groups is 2. The van der Waals surface area contributed by atoms with Gasteiger partial charge < -0.3 is 24.6 Å². The Morgan fingerprint density at radius 2 is 1.60 bits per heavy atom. The average molecular weight is 578 g/mol. The van der Waals surface area contributed by atoms with Crippen LogP contribution in [0.1, 0.15) is 76.5 Å². The lowest BCUT2D eigenvalue weighted by molar-refractivity contribution is -0.136. The number of nitrogens with zero attached hydrogens (tertiary/aromatic N) is 1. The summed E-state index contributed by atoms with van der Waals surface area (Å²) in [5, 5.41) is 18.3. The summed E-state index contributed by atoms with van der Waals surface area (Å²) in [5.41, 5.74) is 7.63. The quantitative estimate of drug-likeness (QED) is 0.369. The van der Waals surface area contributed by atoms with Crippen molar-refractivity contribution < 1.29 is 33.7 Å². The number of benzene rings is 3. The predicted octanol–water partition coefficient (Wildman–Crippen LogP) is 6.31. The molecule has 42 heavy (non-hydrogen) atoms. The molecule has 0 saturated heterocycles. The van der Waals surface area contributed by atoms with E-state index in [0.717, 1.165) is 45.4 Å². The summed E-state index contributed by atoms with van der Waals surface area (Å²) in [6.45, 7) is 12.3. The van der Waals surface area contributed by atoms with Gasteiger partial charge in [-0.25, -0.2) is 4.39 Å². The van der Waals surface area contributed by atoms with E-state index in [1.54, 1.807) is 57.0 Å². The van der Waals surface area contributed by atoms with Crippen LogP contribution in [0.2, 0.25) is 0 Å². The summed E-state index contributed by atoms with van der Waals surface area (Å²) in [4.78, 5) is 27.1. The zero-order valence-electron chi connectivity index (χ0n) is 25.5. The van der Waals surface area contributed by atoms with Gasteiger partial charge in [0.05, 0.1) is 25.7 Å². The Balaban J connectivity index is 0.000000748. The highest BCUT2D eigenvalue weighted by Gasteiger charge is 2.32. The Labute approximate surface area is 246 Å². The fourth-order valence-electron chi connectivity index (χ4n) is 5.78. The molecule has 7 nitrogen and oxygen atoms in total. The highest BCUT2D eigenvalue weighted by Crippen LogP contribution is 2.44. The van der Waals surface area contributed by atoms with Crippen LogP contribution in [0.4, 0.5) is 4.39 Å². The Morgan fingerprint density at radius 1 is 1.00 bits per heavy atom. The van der Waals surface area contributed by atoms with E-state index in [1.807, 2.05) is 20.8 Å². The zero-order valence-corrected chi connectivity index (χ0v) is 25.5. The second-order valence-corrected chi connectivity index (χ2v) is 12.0. The smallest absolute Gasteiger partial charge is 0.307 e. The SMILES string of the molecule is CC(C)(C)O.COc1ccc(C(=O)N2Cc3c(C)c(CC(=O)O)c(-c4cc(F)c5c(c4C)CCCO5)c(C)c3C2)cc1. The minimum atomic E-state index is -0.952. The van der Waals surface area contributed by atoms with Gasteiger partial charge in [-0.15, -0.1) is 0 Å². The first kappa shape index (κ1) is 31.0. The van der Waals surface area contributed by atoms with E-state index in [2.05, 4.69) is 0 Å². The van der Waals surface area contributed by atoms with Gasteiger partial charge in [-0.2, -0.15) is 0 Å². The van der Waals surface area contributed by atoms with Gasteiger partial charge in [-0.05, 0) is 129 Å². The van der Waals surface area contributed by atoms with Crippen LogP contribution < -0.4 is 9.47 Å². The summed E-state index contributed by atoms with van der Waals surface area (Å²) in [6.07, 6.45) is 1.34. The molecule has 5 rings (SSSR count). The number of methoxy groups -OCH3 is 1. The van der Waals surface area contributed by atoms with Crippen molar-refractivity contribution in [3.05, 3.63) is 80.7 Å². The maximum atomic E-state index is 15.2. The molecule has 0 unspecified atom stereocenters. The van der Waals surface area contributed by atoms with Gasteiger partial charge in [-0.3, -0.25) is 9.59 Å². The molecule has 0 bridgehead atoms. The molecule has 224 valence electrons. The molecular weight excluding hydrogens is 537 g/mol. The number of carboxylic acids is 1. The highest BCUT2D eigenvalue weighted by atomic mass is 19.1. The van der Waals surface area contributed by atoms with Crippen LogP contribution in [-0.2, 0) is 30.7 Å². The number of rotatable bonds is 5. The number of carboxylic acid groups (broad SMARTS) is 1. The first-order valence-electron chi connectivity index (χ1n) is 14.2. The molecule has 2 aliphatic rings. The second kappa shape index (κ2) is 12.1.